The molecule has 0 bridgehead atoms. The average Bonchev–Trinajstić information content (AvgIpc) is 2.61. The highest BCUT2D eigenvalue weighted by Gasteiger charge is 1.98. The van der Waals surface area contributed by atoms with Crippen molar-refractivity contribution in [2.45, 2.75) is 0 Å². The van der Waals surface area contributed by atoms with Crippen molar-refractivity contribution in [3.05, 3.63) is 36.1 Å². The van der Waals surface area contributed by atoms with Crippen molar-refractivity contribution in [1.29, 1.82) is 0 Å². The van der Waals surface area contributed by atoms with E-state index in [1.54, 1.807) is 17.5 Å². The number of pyridine rings is 1. The molecule has 0 aliphatic heterocycles. The van der Waals surface area contributed by atoms with Gasteiger partial charge in [0, 0.05) is 17.8 Å². The van der Waals surface area contributed by atoms with Crippen molar-refractivity contribution in [3.63, 3.8) is 0 Å². The molecular weight excluding hydrogens is 180 g/mol. The van der Waals surface area contributed by atoms with Gasteiger partial charge in [0.15, 0.2) is 0 Å². The summed E-state index contributed by atoms with van der Waals surface area (Å²) in [7, 11) is 0. The first-order valence-corrected chi connectivity index (χ1v) is 4.88. The number of fused-ring (bicyclic) bond motifs is 2. The molecule has 62 valence electrons. The molecule has 0 saturated heterocycles. The van der Waals surface area contributed by atoms with Gasteiger partial charge in [-0.3, -0.25) is 4.98 Å². The number of hydrogen-bond acceptors (Lipinski definition) is 3. The molecule has 0 fully saturated rings. The molecular formula is C10H6N2S. The molecule has 1 aromatic carbocycles. The smallest absolute Gasteiger partial charge is 0.0818 e. The molecule has 2 heterocycles. The lowest BCUT2D eigenvalue weighted by Crippen LogP contribution is -1.74. The molecule has 0 saturated carbocycles. The van der Waals surface area contributed by atoms with Crippen molar-refractivity contribution in [2.75, 3.05) is 0 Å². The van der Waals surface area contributed by atoms with Gasteiger partial charge in [-0.05, 0) is 23.6 Å². The zero-order valence-electron chi connectivity index (χ0n) is 6.77. The lowest BCUT2D eigenvalue weighted by Gasteiger charge is -1.95. The van der Waals surface area contributed by atoms with Crippen LogP contribution >= 0.6 is 11.3 Å². The van der Waals surface area contributed by atoms with Gasteiger partial charge < -0.3 is 0 Å². The van der Waals surface area contributed by atoms with Gasteiger partial charge in [0.2, 0.25) is 0 Å². The van der Waals surface area contributed by atoms with E-state index in [0.29, 0.717) is 0 Å². The zero-order chi connectivity index (χ0) is 8.67. The van der Waals surface area contributed by atoms with Gasteiger partial charge >= 0.3 is 0 Å². The highest BCUT2D eigenvalue weighted by molar-refractivity contribution is 7.16. The number of nitrogens with zero attached hydrogens (tertiary/aromatic N) is 2. The maximum atomic E-state index is 4.27. The molecule has 2 aromatic heterocycles. The molecule has 0 unspecified atom stereocenters. The Balaban J connectivity index is 2.57. The predicted molar refractivity (Wildman–Crippen MR) is 54.9 cm³/mol. The first-order chi connectivity index (χ1) is 6.43. The van der Waals surface area contributed by atoms with Crippen LogP contribution in [0.3, 0.4) is 0 Å². The third-order valence-electron chi connectivity index (χ3n) is 2.09. The topological polar surface area (TPSA) is 25.8 Å². The lowest BCUT2D eigenvalue weighted by molar-refractivity contribution is 1.37. The summed E-state index contributed by atoms with van der Waals surface area (Å²) in [5.74, 6) is 0. The van der Waals surface area contributed by atoms with Gasteiger partial charge in [-0.25, -0.2) is 4.98 Å². The number of thiazole rings is 1. The van der Waals surface area contributed by atoms with Crippen LogP contribution in [0, 0.1) is 0 Å². The van der Waals surface area contributed by atoms with E-state index in [0.717, 1.165) is 5.52 Å². The minimum atomic E-state index is 1.07. The van der Waals surface area contributed by atoms with Crippen molar-refractivity contribution >= 4 is 32.3 Å². The van der Waals surface area contributed by atoms with Crippen LogP contribution in [-0.4, -0.2) is 9.97 Å². The Bertz CT molecular complexity index is 521. The van der Waals surface area contributed by atoms with Crippen LogP contribution in [0.1, 0.15) is 0 Å². The SMILES string of the molecule is c1cc2cc3ncsc3cc2cn1. The van der Waals surface area contributed by atoms with E-state index in [2.05, 4.69) is 22.1 Å². The van der Waals surface area contributed by atoms with Gasteiger partial charge in [0.1, 0.15) is 0 Å². The fraction of sp³-hybridized carbons (Fsp3) is 0. The van der Waals surface area contributed by atoms with E-state index in [4.69, 9.17) is 0 Å². The third-order valence-corrected chi connectivity index (χ3v) is 2.88. The van der Waals surface area contributed by atoms with Crippen LogP contribution in [0.2, 0.25) is 0 Å². The molecule has 0 N–H and O–H groups in total. The van der Waals surface area contributed by atoms with Crippen molar-refractivity contribution in [3.8, 4) is 0 Å². The summed E-state index contributed by atoms with van der Waals surface area (Å²) in [4.78, 5) is 8.36. The Morgan fingerprint density at radius 1 is 1.15 bits per heavy atom. The summed E-state index contributed by atoms with van der Waals surface area (Å²) in [6.07, 6.45) is 3.69. The summed E-state index contributed by atoms with van der Waals surface area (Å²) >= 11 is 1.66. The van der Waals surface area contributed by atoms with Gasteiger partial charge in [-0.2, -0.15) is 0 Å². The quantitative estimate of drug-likeness (QED) is 0.539. The van der Waals surface area contributed by atoms with Gasteiger partial charge in [-0.1, -0.05) is 0 Å². The number of rotatable bonds is 0. The van der Waals surface area contributed by atoms with E-state index in [1.807, 2.05) is 17.8 Å². The normalized spacial score (nSPS) is 11.1. The molecule has 0 atom stereocenters. The molecule has 0 radical (unpaired) electrons. The Labute approximate surface area is 78.9 Å². The molecule has 0 aliphatic carbocycles. The van der Waals surface area contributed by atoms with Crippen molar-refractivity contribution in [2.24, 2.45) is 0 Å². The molecule has 0 amide bonds. The Morgan fingerprint density at radius 3 is 3.15 bits per heavy atom. The number of benzene rings is 1. The van der Waals surface area contributed by atoms with Gasteiger partial charge in [0.05, 0.1) is 15.7 Å². The van der Waals surface area contributed by atoms with E-state index >= 15 is 0 Å². The van der Waals surface area contributed by atoms with Crippen LogP contribution in [0.4, 0.5) is 0 Å². The van der Waals surface area contributed by atoms with Gasteiger partial charge in [0.25, 0.3) is 0 Å². The van der Waals surface area contributed by atoms with E-state index < -0.39 is 0 Å². The molecule has 0 spiro atoms. The molecule has 0 aliphatic rings. The fourth-order valence-electron chi connectivity index (χ4n) is 1.44. The number of hydrogen-bond donors (Lipinski definition) is 0. The van der Waals surface area contributed by atoms with E-state index in [-0.39, 0.29) is 0 Å². The molecule has 3 heteroatoms. The van der Waals surface area contributed by atoms with Crippen LogP contribution < -0.4 is 0 Å². The molecule has 2 nitrogen and oxygen atoms in total. The monoisotopic (exact) mass is 186 g/mol. The van der Waals surface area contributed by atoms with Crippen LogP contribution in [-0.2, 0) is 0 Å². The average molecular weight is 186 g/mol. The summed E-state index contributed by atoms with van der Waals surface area (Å²) in [5.41, 5.74) is 2.94. The fourth-order valence-corrected chi connectivity index (χ4v) is 2.15. The zero-order valence-corrected chi connectivity index (χ0v) is 7.58. The highest BCUT2D eigenvalue weighted by atomic mass is 32.1. The Hall–Kier alpha value is -1.48. The Kier molecular flexibility index (Phi) is 1.34. The van der Waals surface area contributed by atoms with Gasteiger partial charge in [-0.15, -0.1) is 11.3 Å². The Morgan fingerprint density at radius 2 is 2.15 bits per heavy atom. The second kappa shape index (κ2) is 2.50. The second-order valence-electron chi connectivity index (χ2n) is 2.90. The number of aromatic nitrogens is 2. The van der Waals surface area contributed by atoms with Crippen LogP contribution in [0.15, 0.2) is 36.1 Å². The molecule has 3 rings (SSSR count). The maximum absolute atomic E-state index is 4.27. The largest absolute Gasteiger partial charge is 0.264 e. The van der Waals surface area contributed by atoms with E-state index in [1.165, 1.54) is 15.5 Å². The summed E-state index contributed by atoms with van der Waals surface area (Å²) < 4.78 is 1.22. The van der Waals surface area contributed by atoms with Crippen molar-refractivity contribution in [1.82, 2.24) is 9.97 Å². The highest BCUT2D eigenvalue weighted by Crippen LogP contribution is 2.23. The molecule has 3 aromatic rings. The summed E-state index contributed by atoms with van der Waals surface area (Å²) in [6, 6.07) is 6.24. The van der Waals surface area contributed by atoms with Crippen molar-refractivity contribution < 1.29 is 0 Å². The first-order valence-electron chi connectivity index (χ1n) is 4.00. The standard InChI is InChI=1S/C10H6N2S/c1-2-11-5-8-4-10-9(3-7(1)8)12-6-13-10/h1-6H. The third kappa shape index (κ3) is 1.01. The summed E-state index contributed by atoms with van der Waals surface area (Å²) in [6.45, 7) is 0. The van der Waals surface area contributed by atoms with Crippen LogP contribution in [0.5, 0.6) is 0 Å². The minimum absolute atomic E-state index is 1.07. The second-order valence-corrected chi connectivity index (χ2v) is 3.78. The van der Waals surface area contributed by atoms with E-state index in [9.17, 15) is 0 Å². The predicted octanol–water partition coefficient (Wildman–Crippen LogP) is 2.84. The minimum Gasteiger partial charge on any atom is -0.264 e. The first kappa shape index (κ1) is 6.97. The summed E-state index contributed by atoms with van der Waals surface area (Å²) in [5, 5.41) is 2.38. The van der Waals surface area contributed by atoms with Crippen LogP contribution in [0.25, 0.3) is 21.0 Å². The molecule has 13 heavy (non-hydrogen) atoms. The maximum Gasteiger partial charge on any atom is 0.0818 e. The lowest BCUT2D eigenvalue weighted by atomic mass is 10.2.